The van der Waals surface area contributed by atoms with Crippen molar-refractivity contribution in [3.8, 4) is 33.8 Å². The molecule has 0 unspecified atom stereocenters. The highest BCUT2D eigenvalue weighted by molar-refractivity contribution is 5.91. The molecule has 0 fully saturated rings. The minimum atomic E-state index is -0.427. The summed E-state index contributed by atoms with van der Waals surface area (Å²) in [5.41, 5.74) is 5.42. The second-order valence-corrected chi connectivity index (χ2v) is 8.87. The van der Waals surface area contributed by atoms with E-state index in [4.69, 9.17) is 9.47 Å². The Hall–Kier alpha value is -4.18. The zero-order chi connectivity index (χ0) is 26.0. The highest BCUT2D eigenvalue weighted by Gasteiger charge is 2.11. The van der Waals surface area contributed by atoms with Crippen molar-refractivity contribution in [2.24, 2.45) is 0 Å². The van der Waals surface area contributed by atoms with E-state index in [1.54, 1.807) is 36.4 Å². The van der Waals surface area contributed by atoms with E-state index in [-0.39, 0.29) is 5.82 Å². The summed E-state index contributed by atoms with van der Waals surface area (Å²) in [7, 11) is 0. The fraction of sp³-hybridized carbons (Fsp3) is 0.182. The van der Waals surface area contributed by atoms with Crippen molar-refractivity contribution in [3.63, 3.8) is 0 Å². The summed E-state index contributed by atoms with van der Waals surface area (Å²) >= 11 is 0. The number of halogens is 1. The van der Waals surface area contributed by atoms with Gasteiger partial charge >= 0.3 is 5.97 Å². The summed E-state index contributed by atoms with van der Waals surface area (Å²) in [4.78, 5) is 12.7. The smallest absolute Gasteiger partial charge is 0.343 e. The van der Waals surface area contributed by atoms with Crippen LogP contribution >= 0.6 is 0 Å². The van der Waals surface area contributed by atoms with Crippen LogP contribution in [0.1, 0.15) is 42.1 Å². The van der Waals surface area contributed by atoms with Gasteiger partial charge in [-0.05, 0) is 89.2 Å². The summed E-state index contributed by atoms with van der Waals surface area (Å²) in [5.74, 6) is 0.638. The number of benzene rings is 4. The van der Waals surface area contributed by atoms with E-state index in [0.29, 0.717) is 17.9 Å². The highest BCUT2D eigenvalue weighted by atomic mass is 19.1. The van der Waals surface area contributed by atoms with Crippen molar-refractivity contribution < 1.29 is 18.7 Å². The molecule has 188 valence electrons. The topological polar surface area (TPSA) is 35.5 Å². The number of ether oxygens (including phenoxy) is 2. The molecule has 4 rings (SSSR count). The number of rotatable bonds is 11. The van der Waals surface area contributed by atoms with Crippen molar-refractivity contribution in [3.05, 3.63) is 121 Å². The number of unbranched alkanes of at least 4 members (excludes halogenated alkanes) is 2. The summed E-state index contributed by atoms with van der Waals surface area (Å²) < 4.78 is 24.7. The molecule has 0 radical (unpaired) electrons. The molecule has 0 aliphatic carbocycles. The van der Waals surface area contributed by atoms with Gasteiger partial charge in [0, 0.05) is 0 Å². The van der Waals surface area contributed by atoms with Crippen LogP contribution < -0.4 is 9.47 Å². The Morgan fingerprint density at radius 2 is 1.41 bits per heavy atom. The van der Waals surface area contributed by atoms with Gasteiger partial charge in [0.25, 0.3) is 0 Å². The molecule has 0 saturated carbocycles. The van der Waals surface area contributed by atoms with Gasteiger partial charge < -0.3 is 9.47 Å². The average molecular weight is 495 g/mol. The highest BCUT2D eigenvalue weighted by Crippen LogP contribution is 2.29. The summed E-state index contributed by atoms with van der Waals surface area (Å²) in [5, 5.41) is 0. The van der Waals surface area contributed by atoms with Gasteiger partial charge in [-0.2, -0.15) is 0 Å². The lowest BCUT2D eigenvalue weighted by Gasteiger charge is -2.13. The zero-order valence-corrected chi connectivity index (χ0v) is 21.1. The number of hydrogen-bond donors (Lipinski definition) is 0. The molecule has 0 aromatic heterocycles. The molecular formula is C33H31FO3. The second-order valence-electron chi connectivity index (χ2n) is 8.87. The summed E-state index contributed by atoms with van der Waals surface area (Å²) in [6.07, 6.45) is 5.96. The Kier molecular flexibility index (Phi) is 8.88. The number of carbonyl (C=O) groups is 1. The number of allylic oxidation sites excluding steroid dienone is 1. The molecule has 4 aromatic carbocycles. The number of hydrogen-bond acceptors (Lipinski definition) is 3. The van der Waals surface area contributed by atoms with Gasteiger partial charge in [0.2, 0.25) is 0 Å². The Morgan fingerprint density at radius 1 is 0.811 bits per heavy atom. The Labute approximate surface area is 218 Å². The summed E-state index contributed by atoms with van der Waals surface area (Å²) in [6, 6.07) is 27.0. The third-order valence-electron chi connectivity index (χ3n) is 6.13. The monoisotopic (exact) mass is 494 g/mol. The second kappa shape index (κ2) is 12.7. The van der Waals surface area contributed by atoms with Crippen LogP contribution in [0.3, 0.4) is 0 Å². The van der Waals surface area contributed by atoms with Crippen LogP contribution in [0.15, 0.2) is 104 Å². The van der Waals surface area contributed by atoms with E-state index < -0.39 is 5.97 Å². The van der Waals surface area contributed by atoms with Gasteiger partial charge in [-0.1, -0.05) is 68.3 Å². The Morgan fingerprint density at radius 3 is 2.05 bits per heavy atom. The lowest BCUT2D eigenvalue weighted by atomic mass is 10.00. The number of esters is 1. The molecule has 4 aromatic rings. The van der Waals surface area contributed by atoms with Crippen LogP contribution in [-0.4, -0.2) is 12.6 Å². The SMILES string of the molecule is C=CCc1cc(-c2ccc(C(=O)Oc3ccc(-c4ccc(F)cc4)cc3)cc2)ccc1OCCCCC. The third kappa shape index (κ3) is 6.95. The molecule has 3 nitrogen and oxygen atoms in total. The van der Waals surface area contributed by atoms with Crippen LogP contribution in [-0.2, 0) is 6.42 Å². The third-order valence-corrected chi connectivity index (χ3v) is 6.13. The minimum Gasteiger partial charge on any atom is -0.493 e. The van der Waals surface area contributed by atoms with E-state index in [9.17, 15) is 9.18 Å². The van der Waals surface area contributed by atoms with Crippen LogP contribution in [0.5, 0.6) is 11.5 Å². The minimum absolute atomic E-state index is 0.277. The quantitative estimate of drug-likeness (QED) is 0.0905. The van der Waals surface area contributed by atoms with Gasteiger partial charge in [-0.25, -0.2) is 9.18 Å². The van der Waals surface area contributed by atoms with Crippen LogP contribution in [0.4, 0.5) is 4.39 Å². The van der Waals surface area contributed by atoms with Crippen molar-refractivity contribution in [1.29, 1.82) is 0 Å². The maximum absolute atomic E-state index is 13.2. The van der Waals surface area contributed by atoms with E-state index >= 15 is 0 Å². The van der Waals surface area contributed by atoms with Crippen LogP contribution in [0.2, 0.25) is 0 Å². The summed E-state index contributed by atoms with van der Waals surface area (Å²) in [6.45, 7) is 6.77. The standard InChI is InChI=1S/C33H31FO3/c1-3-5-6-22-36-32-21-16-28(23-29(32)7-4-2)26-8-10-27(11-9-26)33(35)37-31-19-14-25(15-20-31)24-12-17-30(34)18-13-24/h4,8-21,23H,2-3,5-7,22H2,1H3. The van der Waals surface area contributed by atoms with Gasteiger partial charge in [-0.3, -0.25) is 0 Å². The molecule has 0 spiro atoms. The zero-order valence-electron chi connectivity index (χ0n) is 21.1. The van der Waals surface area contributed by atoms with Gasteiger partial charge in [0.1, 0.15) is 17.3 Å². The normalized spacial score (nSPS) is 10.6. The van der Waals surface area contributed by atoms with Gasteiger partial charge in [0.15, 0.2) is 0 Å². The molecule has 0 bridgehead atoms. The predicted octanol–water partition coefficient (Wildman–Crippen LogP) is 8.68. The van der Waals surface area contributed by atoms with Crippen molar-refractivity contribution in [2.75, 3.05) is 6.61 Å². The van der Waals surface area contributed by atoms with Gasteiger partial charge in [-0.15, -0.1) is 6.58 Å². The van der Waals surface area contributed by atoms with Crippen LogP contribution in [0, 0.1) is 5.82 Å². The van der Waals surface area contributed by atoms with Crippen molar-refractivity contribution in [1.82, 2.24) is 0 Å². The molecule has 0 atom stereocenters. The average Bonchev–Trinajstić information content (AvgIpc) is 2.93. The first-order valence-corrected chi connectivity index (χ1v) is 12.6. The van der Waals surface area contributed by atoms with Crippen LogP contribution in [0.25, 0.3) is 22.3 Å². The molecule has 0 saturated heterocycles. The first-order valence-electron chi connectivity index (χ1n) is 12.6. The molecule has 0 N–H and O–H groups in total. The van der Waals surface area contributed by atoms with Gasteiger partial charge in [0.05, 0.1) is 12.2 Å². The maximum atomic E-state index is 13.2. The first-order chi connectivity index (χ1) is 18.1. The molecule has 0 heterocycles. The maximum Gasteiger partial charge on any atom is 0.343 e. The largest absolute Gasteiger partial charge is 0.493 e. The fourth-order valence-electron chi connectivity index (χ4n) is 4.07. The van der Waals surface area contributed by atoms with E-state index in [1.165, 1.54) is 12.1 Å². The number of carbonyl (C=O) groups excluding carboxylic acids is 1. The van der Waals surface area contributed by atoms with E-state index in [0.717, 1.165) is 59.3 Å². The fourth-order valence-corrected chi connectivity index (χ4v) is 4.07. The Balaban J connectivity index is 1.42. The Bertz CT molecular complexity index is 1320. The molecular weight excluding hydrogens is 463 g/mol. The predicted molar refractivity (Wildman–Crippen MR) is 148 cm³/mol. The molecule has 0 aliphatic rings. The molecule has 0 aliphatic heterocycles. The molecule has 0 amide bonds. The van der Waals surface area contributed by atoms with E-state index in [1.807, 2.05) is 42.5 Å². The van der Waals surface area contributed by atoms with E-state index in [2.05, 4.69) is 19.6 Å². The lowest BCUT2D eigenvalue weighted by molar-refractivity contribution is 0.0735. The molecule has 37 heavy (non-hydrogen) atoms. The molecule has 4 heteroatoms. The van der Waals surface area contributed by atoms with Crippen molar-refractivity contribution in [2.45, 2.75) is 32.6 Å². The first kappa shape index (κ1) is 25.9. The lowest BCUT2D eigenvalue weighted by Crippen LogP contribution is -2.08. The van der Waals surface area contributed by atoms with Crippen molar-refractivity contribution >= 4 is 5.97 Å².